The van der Waals surface area contributed by atoms with E-state index in [1.807, 2.05) is 6.07 Å². The van der Waals surface area contributed by atoms with Gasteiger partial charge in [0.25, 0.3) is 0 Å². The molecular weight excluding hydrogens is 318 g/mol. The van der Waals surface area contributed by atoms with Crippen LogP contribution >= 0.6 is 43.2 Å². The van der Waals surface area contributed by atoms with E-state index < -0.39 is 0 Å². The van der Waals surface area contributed by atoms with E-state index in [0.717, 1.165) is 14.8 Å². The van der Waals surface area contributed by atoms with Crippen LogP contribution in [0.2, 0.25) is 0 Å². The quantitative estimate of drug-likeness (QED) is 0.890. The summed E-state index contributed by atoms with van der Waals surface area (Å²) in [5.74, 6) is 0. The highest BCUT2D eigenvalue weighted by molar-refractivity contribution is 9.11. The topological polar surface area (TPSA) is 32.3 Å². The third kappa shape index (κ3) is 4.08. The van der Waals surface area contributed by atoms with Crippen LogP contribution < -0.4 is 5.32 Å². The molecule has 1 unspecified atom stereocenters. The second kappa shape index (κ2) is 5.46. The second-order valence-electron chi connectivity index (χ2n) is 2.80. The van der Waals surface area contributed by atoms with Crippen LogP contribution in [-0.2, 0) is 6.54 Å². The Morgan fingerprint density at radius 1 is 1.62 bits per heavy atom. The maximum Gasteiger partial charge on any atom is 0.0713 e. The standard InChI is InChI=1S/C8H11Br2NOS/c1-5(12)3-11-4-7-6(9)2-8(10)13-7/h2,5,11-12H,3-4H2,1H3. The molecule has 0 saturated carbocycles. The zero-order chi connectivity index (χ0) is 9.84. The van der Waals surface area contributed by atoms with Crippen LogP contribution in [-0.4, -0.2) is 17.8 Å². The molecule has 0 spiro atoms. The molecule has 2 N–H and O–H groups in total. The van der Waals surface area contributed by atoms with Crippen LogP contribution in [0.4, 0.5) is 0 Å². The number of rotatable bonds is 4. The fourth-order valence-electron chi connectivity index (χ4n) is 0.891. The first-order valence-electron chi connectivity index (χ1n) is 3.92. The first-order chi connectivity index (χ1) is 6.09. The Bertz CT molecular complexity index is 275. The Morgan fingerprint density at radius 2 is 2.31 bits per heavy atom. The van der Waals surface area contributed by atoms with Gasteiger partial charge >= 0.3 is 0 Å². The largest absolute Gasteiger partial charge is 0.392 e. The van der Waals surface area contributed by atoms with E-state index in [1.165, 1.54) is 4.88 Å². The molecule has 1 atom stereocenters. The highest BCUT2D eigenvalue weighted by atomic mass is 79.9. The van der Waals surface area contributed by atoms with Gasteiger partial charge in [-0.3, -0.25) is 0 Å². The van der Waals surface area contributed by atoms with Crippen molar-refractivity contribution in [2.45, 2.75) is 19.6 Å². The van der Waals surface area contributed by atoms with E-state index in [9.17, 15) is 0 Å². The summed E-state index contributed by atoms with van der Waals surface area (Å²) in [5, 5.41) is 12.2. The first kappa shape index (κ1) is 11.7. The Hall–Kier alpha value is 0.580. The first-order valence-corrected chi connectivity index (χ1v) is 6.32. The van der Waals surface area contributed by atoms with E-state index >= 15 is 0 Å². The van der Waals surface area contributed by atoms with Crippen LogP contribution in [0.25, 0.3) is 0 Å². The molecule has 2 nitrogen and oxygen atoms in total. The molecule has 5 heteroatoms. The van der Waals surface area contributed by atoms with Gasteiger partial charge in [0.1, 0.15) is 0 Å². The summed E-state index contributed by atoms with van der Waals surface area (Å²) >= 11 is 8.57. The Labute approximate surface area is 98.6 Å². The van der Waals surface area contributed by atoms with Crippen LogP contribution in [0.1, 0.15) is 11.8 Å². The van der Waals surface area contributed by atoms with Crippen LogP contribution in [0.15, 0.2) is 14.3 Å². The van der Waals surface area contributed by atoms with Gasteiger partial charge in [-0.1, -0.05) is 0 Å². The molecule has 0 bridgehead atoms. The van der Waals surface area contributed by atoms with Gasteiger partial charge in [-0.15, -0.1) is 11.3 Å². The average Bonchev–Trinajstić information content (AvgIpc) is 2.29. The van der Waals surface area contributed by atoms with E-state index in [4.69, 9.17) is 5.11 Å². The van der Waals surface area contributed by atoms with Crippen molar-refractivity contribution in [1.29, 1.82) is 0 Å². The third-order valence-corrected chi connectivity index (χ3v) is 4.06. The summed E-state index contributed by atoms with van der Waals surface area (Å²) < 4.78 is 2.23. The van der Waals surface area contributed by atoms with Gasteiger partial charge in [0.15, 0.2) is 0 Å². The van der Waals surface area contributed by atoms with Crippen molar-refractivity contribution in [2.24, 2.45) is 0 Å². The molecule has 0 aliphatic carbocycles. The minimum atomic E-state index is -0.290. The van der Waals surface area contributed by atoms with Gasteiger partial charge < -0.3 is 10.4 Å². The van der Waals surface area contributed by atoms with Crippen LogP contribution in [0.5, 0.6) is 0 Å². The molecule has 1 heterocycles. The smallest absolute Gasteiger partial charge is 0.0713 e. The molecule has 0 amide bonds. The number of thiophene rings is 1. The fraction of sp³-hybridized carbons (Fsp3) is 0.500. The number of nitrogens with one attached hydrogen (secondary N) is 1. The van der Waals surface area contributed by atoms with Crippen LogP contribution in [0, 0.1) is 0 Å². The monoisotopic (exact) mass is 327 g/mol. The number of hydrogen-bond donors (Lipinski definition) is 2. The van der Waals surface area contributed by atoms with E-state index in [1.54, 1.807) is 18.3 Å². The van der Waals surface area contributed by atoms with Crippen LogP contribution in [0.3, 0.4) is 0 Å². The molecule has 1 aromatic rings. The van der Waals surface area contributed by atoms with Gasteiger partial charge in [-0.25, -0.2) is 0 Å². The van der Waals surface area contributed by atoms with E-state index in [2.05, 4.69) is 37.2 Å². The summed E-state index contributed by atoms with van der Waals surface area (Å²) in [6.07, 6.45) is -0.290. The number of aliphatic hydroxyl groups is 1. The number of hydrogen-bond acceptors (Lipinski definition) is 3. The fourth-order valence-corrected chi connectivity index (χ4v) is 3.52. The lowest BCUT2D eigenvalue weighted by molar-refractivity contribution is 0.191. The van der Waals surface area contributed by atoms with Crippen molar-refractivity contribution in [2.75, 3.05) is 6.54 Å². The highest BCUT2D eigenvalue weighted by Crippen LogP contribution is 2.30. The Morgan fingerprint density at radius 3 is 2.77 bits per heavy atom. The maximum absolute atomic E-state index is 9.02. The lowest BCUT2D eigenvalue weighted by Gasteiger charge is -2.05. The molecule has 0 saturated heterocycles. The third-order valence-electron chi connectivity index (χ3n) is 1.45. The SMILES string of the molecule is CC(O)CNCc1sc(Br)cc1Br. The molecule has 0 aromatic carbocycles. The van der Waals surface area contributed by atoms with Gasteiger partial charge in [-0.05, 0) is 44.8 Å². The van der Waals surface area contributed by atoms with Crippen molar-refractivity contribution < 1.29 is 5.11 Å². The lowest BCUT2D eigenvalue weighted by atomic mass is 10.4. The Balaban J connectivity index is 2.40. The molecule has 1 rings (SSSR count). The zero-order valence-electron chi connectivity index (χ0n) is 7.18. The van der Waals surface area contributed by atoms with Crippen molar-refractivity contribution in [3.05, 3.63) is 19.2 Å². The zero-order valence-corrected chi connectivity index (χ0v) is 11.2. The van der Waals surface area contributed by atoms with E-state index in [-0.39, 0.29) is 6.10 Å². The van der Waals surface area contributed by atoms with Crippen molar-refractivity contribution in [3.8, 4) is 0 Å². The minimum Gasteiger partial charge on any atom is -0.392 e. The Kier molecular flexibility index (Phi) is 4.89. The van der Waals surface area contributed by atoms with E-state index in [0.29, 0.717) is 6.54 Å². The van der Waals surface area contributed by atoms with Crippen molar-refractivity contribution >= 4 is 43.2 Å². The normalized spacial score (nSPS) is 13.2. The second-order valence-corrected chi connectivity index (χ2v) is 6.17. The average molecular weight is 329 g/mol. The van der Waals surface area contributed by atoms with Gasteiger partial charge in [-0.2, -0.15) is 0 Å². The molecular formula is C8H11Br2NOS. The van der Waals surface area contributed by atoms with Crippen molar-refractivity contribution in [1.82, 2.24) is 5.32 Å². The van der Waals surface area contributed by atoms with Crippen molar-refractivity contribution in [3.63, 3.8) is 0 Å². The summed E-state index contributed by atoms with van der Waals surface area (Å²) in [6.45, 7) is 3.19. The van der Waals surface area contributed by atoms with Gasteiger partial charge in [0.2, 0.25) is 0 Å². The molecule has 1 aromatic heterocycles. The predicted molar refractivity (Wildman–Crippen MR) is 63.1 cm³/mol. The summed E-state index contributed by atoms with van der Waals surface area (Å²) in [5.41, 5.74) is 0. The molecule has 0 radical (unpaired) electrons. The summed E-state index contributed by atoms with van der Waals surface area (Å²) in [4.78, 5) is 1.24. The molecule has 0 fully saturated rings. The lowest BCUT2D eigenvalue weighted by Crippen LogP contribution is -2.23. The summed E-state index contributed by atoms with van der Waals surface area (Å²) in [6, 6.07) is 2.03. The predicted octanol–water partition coefficient (Wildman–Crippen LogP) is 2.74. The number of halogens is 2. The van der Waals surface area contributed by atoms with Gasteiger partial charge in [0.05, 0.1) is 9.89 Å². The highest BCUT2D eigenvalue weighted by Gasteiger charge is 2.04. The molecule has 0 aliphatic rings. The maximum atomic E-state index is 9.02. The molecule has 13 heavy (non-hydrogen) atoms. The van der Waals surface area contributed by atoms with Gasteiger partial charge in [0, 0.05) is 22.4 Å². The number of aliphatic hydroxyl groups excluding tert-OH is 1. The molecule has 74 valence electrons. The minimum absolute atomic E-state index is 0.290. The molecule has 0 aliphatic heterocycles. The summed E-state index contributed by atoms with van der Waals surface area (Å²) in [7, 11) is 0.